The summed E-state index contributed by atoms with van der Waals surface area (Å²) >= 11 is 0. The molecule has 28 heavy (non-hydrogen) atoms. The van der Waals surface area contributed by atoms with Crippen LogP contribution in [0.25, 0.3) is 11.3 Å². The molecule has 0 radical (unpaired) electrons. The van der Waals surface area contributed by atoms with E-state index in [2.05, 4.69) is 5.16 Å². The SMILES string of the molecule is Cc1onc(-c2ccccc2)c1COc1ccc(CN2CC(C)OC2=O)cc1. The summed E-state index contributed by atoms with van der Waals surface area (Å²) in [6.45, 7) is 5.30. The first-order valence-corrected chi connectivity index (χ1v) is 9.28. The van der Waals surface area contributed by atoms with Crippen molar-refractivity contribution in [3.05, 3.63) is 71.5 Å². The van der Waals surface area contributed by atoms with Crippen molar-refractivity contribution in [3.8, 4) is 17.0 Å². The van der Waals surface area contributed by atoms with Gasteiger partial charge in [0.2, 0.25) is 0 Å². The minimum atomic E-state index is -0.260. The molecule has 1 aliphatic rings. The summed E-state index contributed by atoms with van der Waals surface area (Å²) in [6.07, 6.45) is -0.315. The van der Waals surface area contributed by atoms with Gasteiger partial charge in [-0.05, 0) is 31.5 Å². The number of carbonyl (C=O) groups is 1. The molecular formula is C22H22N2O4. The van der Waals surface area contributed by atoms with Gasteiger partial charge in [-0.25, -0.2) is 4.79 Å². The second-order valence-electron chi connectivity index (χ2n) is 6.94. The van der Waals surface area contributed by atoms with E-state index < -0.39 is 0 Å². The van der Waals surface area contributed by atoms with Crippen LogP contribution in [0.2, 0.25) is 0 Å². The van der Waals surface area contributed by atoms with Crippen LogP contribution in [0.3, 0.4) is 0 Å². The second-order valence-corrected chi connectivity index (χ2v) is 6.94. The van der Waals surface area contributed by atoms with Crippen LogP contribution in [0, 0.1) is 6.92 Å². The minimum Gasteiger partial charge on any atom is -0.489 e. The van der Waals surface area contributed by atoms with Crippen molar-refractivity contribution in [1.82, 2.24) is 10.1 Å². The maximum Gasteiger partial charge on any atom is 0.410 e. The van der Waals surface area contributed by atoms with E-state index in [1.165, 1.54) is 0 Å². The molecule has 1 fully saturated rings. The molecule has 1 aromatic heterocycles. The molecule has 1 aliphatic heterocycles. The van der Waals surface area contributed by atoms with Gasteiger partial charge >= 0.3 is 6.09 Å². The maximum atomic E-state index is 11.7. The van der Waals surface area contributed by atoms with Crippen molar-refractivity contribution in [3.63, 3.8) is 0 Å². The molecule has 0 spiro atoms. The van der Waals surface area contributed by atoms with E-state index in [0.29, 0.717) is 19.7 Å². The topological polar surface area (TPSA) is 64.8 Å². The highest BCUT2D eigenvalue weighted by atomic mass is 16.6. The molecule has 1 amide bonds. The van der Waals surface area contributed by atoms with Gasteiger partial charge in [-0.2, -0.15) is 0 Å². The van der Waals surface area contributed by atoms with Gasteiger partial charge in [0.25, 0.3) is 0 Å². The number of hydrogen-bond donors (Lipinski definition) is 0. The van der Waals surface area contributed by atoms with E-state index in [4.69, 9.17) is 14.0 Å². The number of ether oxygens (including phenoxy) is 2. The van der Waals surface area contributed by atoms with Gasteiger partial charge in [-0.1, -0.05) is 47.6 Å². The van der Waals surface area contributed by atoms with E-state index in [0.717, 1.165) is 33.9 Å². The summed E-state index contributed by atoms with van der Waals surface area (Å²) in [4.78, 5) is 13.4. The number of cyclic esters (lactones) is 1. The number of amides is 1. The van der Waals surface area contributed by atoms with E-state index in [-0.39, 0.29) is 12.2 Å². The zero-order valence-electron chi connectivity index (χ0n) is 15.9. The molecule has 0 saturated carbocycles. The standard InChI is InChI=1S/C22H22N2O4/c1-15-12-24(22(25)27-15)13-17-8-10-19(11-9-17)26-14-20-16(2)28-23-21(20)18-6-4-3-5-7-18/h3-11,15H,12-14H2,1-2H3. The Morgan fingerprint density at radius 1 is 1.14 bits per heavy atom. The van der Waals surface area contributed by atoms with Crippen LogP contribution in [0.1, 0.15) is 23.8 Å². The van der Waals surface area contributed by atoms with Crippen LogP contribution in [0.15, 0.2) is 59.1 Å². The smallest absolute Gasteiger partial charge is 0.410 e. The van der Waals surface area contributed by atoms with Crippen molar-refractivity contribution >= 4 is 6.09 Å². The molecule has 4 rings (SSSR count). The molecule has 0 bridgehead atoms. The molecule has 144 valence electrons. The van der Waals surface area contributed by atoms with Crippen molar-refractivity contribution in [2.75, 3.05) is 6.54 Å². The number of nitrogens with zero attached hydrogens (tertiary/aromatic N) is 2. The van der Waals surface area contributed by atoms with E-state index in [9.17, 15) is 4.79 Å². The molecule has 1 unspecified atom stereocenters. The molecule has 6 heteroatoms. The molecule has 0 aliphatic carbocycles. The lowest BCUT2D eigenvalue weighted by Gasteiger charge is -2.13. The lowest BCUT2D eigenvalue weighted by atomic mass is 10.1. The predicted octanol–water partition coefficient (Wildman–Crippen LogP) is 4.57. The molecule has 2 heterocycles. The van der Waals surface area contributed by atoms with E-state index in [1.54, 1.807) is 4.90 Å². The molecule has 3 aromatic rings. The third kappa shape index (κ3) is 3.86. The Labute approximate surface area is 163 Å². The van der Waals surface area contributed by atoms with Gasteiger partial charge in [0.05, 0.1) is 12.1 Å². The van der Waals surface area contributed by atoms with Crippen LogP contribution in [-0.4, -0.2) is 28.8 Å². The van der Waals surface area contributed by atoms with Gasteiger partial charge < -0.3 is 18.9 Å². The number of hydrogen-bond acceptors (Lipinski definition) is 5. The third-order valence-corrected chi connectivity index (χ3v) is 4.75. The van der Waals surface area contributed by atoms with Gasteiger partial charge in [0.1, 0.15) is 29.9 Å². The summed E-state index contributed by atoms with van der Waals surface area (Å²) in [7, 11) is 0. The first kappa shape index (κ1) is 18.1. The Balaban J connectivity index is 1.41. The minimum absolute atomic E-state index is 0.0549. The van der Waals surface area contributed by atoms with E-state index in [1.807, 2.05) is 68.4 Å². The number of aromatic nitrogens is 1. The summed E-state index contributed by atoms with van der Waals surface area (Å²) < 4.78 is 16.5. The van der Waals surface area contributed by atoms with Crippen LogP contribution in [-0.2, 0) is 17.9 Å². The second kappa shape index (κ2) is 7.76. The highest BCUT2D eigenvalue weighted by Gasteiger charge is 2.27. The van der Waals surface area contributed by atoms with Crippen molar-refractivity contribution in [1.29, 1.82) is 0 Å². The number of aryl methyl sites for hydroxylation is 1. The fraction of sp³-hybridized carbons (Fsp3) is 0.273. The fourth-order valence-electron chi connectivity index (χ4n) is 3.25. The van der Waals surface area contributed by atoms with Crippen LogP contribution in [0.4, 0.5) is 4.79 Å². The Hall–Kier alpha value is -3.28. The van der Waals surface area contributed by atoms with Crippen LogP contribution in [0.5, 0.6) is 5.75 Å². The number of benzene rings is 2. The average molecular weight is 378 g/mol. The van der Waals surface area contributed by atoms with Gasteiger partial charge in [-0.3, -0.25) is 0 Å². The van der Waals surface area contributed by atoms with Gasteiger partial charge in [-0.15, -0.1) is 0 Å². The fourth-order valence-corrected chi connectivity index (χ4v) is 3.25. The summed E-state index contributed by atoms with van der Waals surface area (Å²) in [5.41, 5.74) is 3.77. The predicted molar refractivity (Wildman–Crippen MR) is 104 cm³/mol. The first-order valence-electron chi connectivity index (χ1n) is 9.28. The van der Waals surface area contributed by atoms with Crippen LogP contribution >= 0.6 is 0 Å². The number of rotatable bonds is 6. The zero-order chi connectivity index (χ0) is 19.5. The monoisotopic (exact) mass is 378 g/mol. The molecule has 2 aromatic carbocycles. The third-order valence-electron chi connectivity index (χ3n) is 4.75. The zero-order valence-corrected chi connectivity index (χ0v) is 15.9. The van der Waals surface area contributed by atoms with Gasteiger partial charge in [0.15, 0.2) is 0 Å². The lowest BCUT2D eigenvalue weighted by molar-refractivity contribution is 0.137. The Morgan fingerprint density at radius 2 is 1.89 bits per heavy atom. The quantitative estimate of drug-likeness (QED) is 0.629. The largest absolute Gasteiger partial charge is 0.489 e. The summed E-state index contributed by atoms with van der Waals surface area (Å²) in [5.74, 6) is 1.50. The maximum absolute atomic E-state index is 11.7. The average Bonchev–Trinajstić information content (AvgIpc) is 3.23. The molecular weight excluding hydrogens is 356 g/mol. The molecule has 1 saturated heterocycles. The molecule has 1 atom stereocenters. The normalized spacial score (nSPS) is 16.3. The van der Waals surface area contributed by atoms with Crippen molar-refractivity contribution < 1.29 is 18.8 Å². The van der Waals surface area contributed by atoms with E-state index >= 15 is 0 Å². The molecule has 0 N–H and O–H groups in total. The first-order chi connectivity index (χ1) is 13.6. The Morgan fingerprint density at radius 3 is 2.57 bits per heavy atom. The Kier molecular flexibility index (Phi) is 5.02. The van der Waals surface area contributed by atoms with Crippen LogP contribution < -0.4 is 4.74 Å². The summed E-state index contributed by atoms with van der Waals surface area (Å²) in [6, 6.07) is 17.7. The highest BCUT2D eigenvalue weighted by Crippen LogP contribution is 2.26. The van der Waals surface area contributed by atoms with Crippen molar-refractivity contribution in [2.24, 2.45) is 0 Å². The number of carbonyl (C=O) groups excluding carboxylic acids is 1. The Bertz CT molecular complexity index is 950. The highest BCUT2D eigenvalue weighted by molar-refractivity contribution is 5.69. The van der Waals surface area contributed by atoms with Gasteiger partial charge in [0, 0.05) is 12.1 Å². The summed E-state index contributed by atoms with van der Waals surface area (Å²) in [5, 5.41) is 4.18. The molecule has 6 nitrogen and oxygen atoms in total. The van der Waals surface area contributed by atoms with Crippen molar-refractivity contribution in [2.45, 2.75) is 33.1 Å². The lowest BCUT2D eigenvalue weighted by Crippen LogP contribution is -2.24.